The van der Waals surface area contributed by atoms with Crippen molar-refractivity contribution in [3.63, 3.8) is 0 Å². The van der Waals surface area contributed by atoms with Crippen LogP contribution in [0, 0.1) is 0 Å². The minimum absolute atomic E-state index is 0.330. The summed E-state index contributed by atoms with van der Waals surface area (Å²) in [4.78, 5) is 2.04. The molecule has 1 saturated heterocycles. The normalized spacial score (nSPS) is 34.1. The van der Waals surface area contributed by atoms with E-state index in [1.165, 1.54) is 0 Å². The third-order valence-corrected chi connectivity index (χ3v) is 2.34. The van der Waals surface area contributed by atoms with Gasteiger partial charge in [0.25, 0.3) is 0 Å². The highest BCUT2D eigenvalue weighted by molar-refractivity contribution is 4.86. The van der Waals surface area contributed by atoms with Crippen LogP contribution in [0.15, 0.2) is 0 Å². The first-order chi connectivity index (χ1) is 5.20. The van der Waals surface area contributed by atoms with E-state index in [0.717, 1.165) is 19.5 Å². The van der Waals surface area contributed by atoms with Gasteiger partial charge in [-0.2, -0.15) is 0 Å². The zero-order valence-corrected chi connectivity index (χ0v) is 7.02. The van der Waals surface area contributed by atoms with Crippen LogP contribution in [-0.2, 0) is 0 Å². The molecule has 11 heavy (non-hydrogen) atoms. The van der Waals surface area contributed by atoms with Crippen molar-refractivity contribution < 1.29 is 9.50 Å². The molecule has 0 aromatic rings. The molecule has 1 rings (SSSR count). The van der Waals surface area contributed by atoms with Crippen LogP contribution < -0.4 is 0 Å². The maximum Gasteiger partial charge on any atom is 0.146 e. The van der Waals surface area contributed by atoms with Gasteiger partial charge in [-0.05, 0) is 25.9 Å². The summed E-state index contributed by atoms with van der Waals surface area (Å²) in [5, 5.41) is 8.76. The Morgan fingerprint density at radius 3 is 2.91 bits per heavy atom. The van der Waals surface area contributed by atoms with Gasteiger partial charge in [-0.3, -0.25) is 0 Å². The molecule has 1 atom stereocenters. The molecule has 0 radical (unpaired) electrons. The highest BCUT2D eigenvalue weighted by Crippen LogP contribution is 2.24. The molecular weight excluding hydrogens is 145 g/mol. The standard InChI is InChI=1S/C8H16FNO/c1-2-10-5-3-4-8(9,6-10)7-11/h11H,2-7H2,1H3. The number of rotatable bonds is 2. The van der Waals surface area contributed by atoms with Crippen LogP contribution in [0.2, 0.25) is 0 Å². The molecule has 2 nitrogen and oxygen atoms in total. The van der Waals surface area contributed by atoms with Crippen molar-refractivity contribution in [2.75, 3.05) is 26.2 Å². The van der Waals surface area contributed by atoms with Crippen LogP contribution in [0.1, 0.15) is 19.8 Å². The zero-order chi connectivity index (χ0) is 8.32. The number of aliphatic hydroxyl groups is 1. The molecule has 1 unspecified atom stereocenters. The molecule has 66 valence electrons. The number of aliphatic hydroxyl groups excluding tert-OH is 1. The number of alkyl halides is 1. The van der Waals surface area contributed by atoms with Crippen LogP contribution in [0.5, 0.6) is 0 Å². The Bertz CT molecular complexity index is 131. The van der Waals surface area contributed by atoms with Crippen molar-refractivity contribution >= 4 is 0 Å². The van der Waals surface area contributed by atoms with E-state index >= 15 is 0 Å². The Hall–Kier alpha value is -0.150. The third-order valence-electron chi connectivity index (χ3n) is 2.34. The first kappa shape index (κ1) is 8.94. The van der Waals surface area contributed by atoms with E-state index in [9.17, 15) is 4.39 Å². The average molecular weight is 161 g/mol. The lowest BCUT2D eigenvalue weighted by Gasteiger charge is -2.35. The number of hydrogen-bond donors (Lipinski definition) is 1. The van der Waals surface area contributed by atoms with E-state index in [-0.39, 0.29) is 6.61 Å². The largest absolute Gasteiger partial charge is 0.393 e. The second-order valence-corrected chi connectivity index (χ2v) is 3.28. The summed E-state index contributed by atoms with van der Waals surface area (Å²) in [6, 6.07) is 0. The number of hydrogen-bond acceptors (Lipinski definition) is 2. The monoisotopic (exact) mass is 161 g/mol. The summed E-state index contributed by atoms with van der Waals surface area (Å²) in [5.41, 5.74) is -1.33. The van der Waals surface area contributed by atoms with Crippen molar-refractivity contribution in [3.05, 3.63) is 0 Å². The lowest BCUT2D eigenvalue weighted by molar-refractivity contribution is 0.000694. The van der Waals surface area contributed by atoms with E-state index < -0.39 is 5.67 Å². The molecule has 0 spiro atoms. The van der Waals surface area contributed by atoms with Gasteiger partial charge in [-0.1, -0.05) is 6.92 Å². The number of nitrogens with zero attached hydrogens (tertiary/aromatic N) is 1. The van der Waals surface area contributed by atoms with Gasteiger partial charge in [0, 0.05) is 6.54 Å². The minimum atomic E-state index is -1.33. The number of halogens is 1. The van der Waals surface area contributed by atoms with Gasteiger partial charge in [-0.25, -0.2) is 4.39 Å². The molecule has 0 amide bonds. The second kappa shape index (κ2) is 3.50. The molecule has 0 aromatic heterocycles. The fourth-order valence-electron chi connectivity index (χ4n) is 1.58. The lowest BCUT2D eigenvalue weighted by Crippen LogP contribution is -2.47. The van der Waals surface area contributed by atoms with Gasteiger partial charge in [0.1, 0.15) is 5.67 Å². The number of piperidine rings is 1. The highest BCUT2D eigenvalue weighted by Gasteiger charge is 2.33. The summed E-state index contributed by atoms with van der Waals surface area (Å²) >= 11 is 0. The quantitative estimate of drug-likeness (QED) is 0.647. The molecule has 1 aliphatic heterocycles. The molecular formula is C8H16FNO. The Labute approximate surface area is 67.0 Å². The lowest BCUT2D eigenvalue weighted by atomic mass is 9.96. The molecule has 1 heterocycles. The summed E-state index contributed by atoms with van der Waals surface area (Å²) in [7, 11) is 0. The van der Waals surface area contributed by atoms with Gasteiger partial charge in [0.15, 0.2) is 0 Å². The fourth-order valence-corrected chi connectivity index (χ4v) is 1.58. The first-order valence-corrected chi connectivity index (χ1v) is 4.22. The highest BCUT2D eigenvalue weighted by atomic mass is 19.1. The molecule has 1 aliphatic rings. The van der Waals surface area contributed by atoms with Crippen LogP contribution in [0.3, 0.4) is 0 Å². The fraction of sp³-hybridized carbons (Fsp3) is 1.00. The van der Waals surface area contributed by atoms with E-state index in [1.807, 2.05) is 11.8 Å². The maximum absolute atomic E-state index is 13.4. The third kappa shape index (κ3) is 2.14. The molecule has 0 aliphatic carbocycles. The topological polar surface area (TPSA) is 23.5 Å². The Balaban J connectivity index is 2.44. The summed E-state index contributed by atoms with van der Waals surface area (Å²) in [6.45, 7) is 3.94. The van der Waals surface area contributed by atoms with Crippen LogP contribution in [0.25, 0.3) is 0 Å². The SMILES string of the molecule is CCN1CCCC(F)(CO)C1. The molecule has 1 N–H and O–H groups in total. The van der Waals surface area contributed by atoms with Crippen molar-refractivity contribution in [2.45, 2.75) is 25.4 Å². The van der Waals surface area contributed by atoms with Gasteiger partial charge in [0.05, 0.1) is 6.61 Å². The van der Waals surface area contributed by atoms with E-state index in [1.54, 1.807) is 0 Å². The predicted octanol–water partition coefficient (Wildman–Crippen LogP) is 0.803. The van der Waals surface area contributed by atoms with Crippen LogP contribution in [0.4, 0.5) is 4.39 Å². The zero-order valence-electron chi connectivity index (χ0n) is 7.02. The number of likely N-dealkylation sites (tertiary alicyclic amines) is 1. The van der Waals surface area contributed by atoms with Gasteiger partial charge >= 0.3 is 0 Å². The molecule has 3 heteroatoms. The maximum atomic E-state index is 13.4. The molecule has 0 saturated carbocycles. The minimum Gasteiger partial charge on any atom is -0.393 e. The van der Waals surface area contributed by atoms with Crippen molar-refractivity contribution in [2.24, 2.45) is 0 Å². The van der Waals surface area contributed by atoms with E-state index in [2.05, 4.69) is 0 Å². The Morgan fingerprint density at radius 1 is 1.64 bits per heavy atom. The van der Waals surface area contributed by atoms with Crippen LogP contribution >= 0.6 is 0 Å². The van der Waals surface area contributed by atoms with Gasteiger partial charge in [-0.15, -0.1) is 0 Å². The van der Waals surface area contributed by atoms with E-state index in [0.29, 0.717) is 13.0 Å². The summed E-state index contributed by atoms with van der Waals surface area (Å²) in [5.74, 6) is 0. The predicted molar refractivity (Wildman–Crippen MR) is 42.3 cm³/mol. The van der Waals surface area contributed by atoms with Gasteiger partial charge < -0.3 is 10.0 Å². The van der Waals surface area contributed by atoms with Crippen molar-refractivity contribution in [1.82, 2.24) is 4.90 Å². The molecule has 0 aromatic carbocycles. The first-order valence-electron chi connectivity index (χ1n) is 4.22. The van der Waals surface area contributed by atoms with Crippen molar-refractivity contribution in [3.8, 4) is 0 Å². The van der Waals surface area contributed by atoms with Crippen LogP contribution in [-0.4, -0.2) is 41.9 Å². The Morgan fingerprint density at radius 2 is 2.36 bits per heavy atom. The average Bonchev–Trinajstić information content (AvgIpc) is 2.05. The molecule has 0 bridgehead atoms. The second-order valence-electron chi connectivity index (χ2n) is 3.28. The van der Waals surface area contributed by atoms with Gasteiger partial charge in [0.2, 0.25) is 0 Å². The van der Waals surface area contributed by atoms with Crippen molar-refractivity contribution in [1.29, 1.82) is 0 Å². The molecule has 1 fully saturated rings. The summed E-state index contributed by atoms with van der Waals surface area (Å²) < 4.78 is 13.4. The Kier molecular flexibility index (Phi) is 2.84. The summed E-state index contributed by atoms with van der Waals surface area (Å²) in [6.07, 6.45) is 1.38. The smallest absolute Gasteiger partial charge is 0.146 e. The van der Waals surface area contributed by atoms with E-state index in [4.69, 9.17) is 5.11 Å².